The number of thioether (sulfide) groups is 1. The van der Waals surface area contributed by atoms with Gasteiger partial charge in [-0.2, -0.15) is 11.8 Å². The van der Waals surface area contributed by atoms with Crippen LogP contribution in [0.3, 0.4) is 0 Å². The summed E-state index contributed by atoms with van der Waals surface area (Å²) in [6, 6.07) is 0. The van der Waals surface area contributed by atoms with Crippen molar-refractivity contribution in [2.24, 2.45) is 5.18 Å². The molecule has 0 amide bonds. The monoisotopic (exact) mass is 187 g/mol. The lowest BCUT2D eigenvalue weighted by atomic mass is 10.5. The van der Waals surface area contributed by atoms with Gasteiger partial charge in [-0.1, -0.05) is 0 Å². The molecular weight excluding hydrogens is 174 g/mol. The maximum Gasteiger partial charge on any atom is 0.124 e. The molecule has 0 unspecified atom stereocenters. The highest BCUT2D eigenvalue weighted by atomic mass is 32.2. The van der Waals surface area contributed by atoms with Gasteiger partial charge in [0.2, 0.25) is 0 Å². The first-order valence-corrected chi connectivity index (χ1v) is 5.28. The van der Waals surface area contributed by atoms with Gasteiger partial charge >= 0.3 is 0 Å². The van der Waals surface area contributed by atoms with Gasteiger partial charge in [0.15, 0.2) is 0 Å². The highest BCUT2D eigenvalue weighted by Crippen LogP contribution is 2.07. The first kappa shape index (κ1) is 9.38. The van der Waals surface area contributed by atoms with Crippen molar-refractivity contribution in [2.75, 3.05) is 31.6 Å². The van der Waals surface area contributed by atoms with E-state index in [1.165, 1.54) is 6.20 Å². The number of hydrogen-bond donors (Lipinski definition) is 1. The molecule has 1 rings (SSSR count). The lowest BCUT2D eigenvalue weighted by molar-refractivity contribution is 0.420. The molecule has 4 nitrogen and oxygen atoms in total. The second-order valence-corrected chi connectivity index (χ2v) is 3.51. The fourth-order valence-corrected chi connectivity index (χ4v) is 1.57. The summed E-state index contributed by atoms with van der Waals surface area (Å²) in [7, 11) is 0. The molecule has 0 saturated carbocycles. The summed E-state index contributed by atoms with van der Waals surface area (Å²) in [6.07, 6.45) is 3.41. The average Bonchev–Trinajstić information content (AvgIpc) is 2.50. The Morgan fingerprint density at radius 2 is 2.67 bits per heavy atom. The van der Waals surface area contributed by atoms with Crippen LogP contribution >= 0.6 is 11.8 Å². The van der Waals surface area contributed by atoms with Crippen LogP contribution in [0.4, 0.5) is 0 Å². The van der Waals surface area contributed by atoms with Crippen LogP contribution in [0.2, 0.25) is 0 Å². The summed E-state index contributed by atoms with van der Waals surface area (Å²) in [6.45, 7) is 2.87. The number of rotatable bonds is 4. The van der Waals surface area contributed by atoms with Gasteiger partial charge < -0.3 is 10.2 Å². The molecule has 1 saturated heterocycles. The van der Waals surface area contributed by atoms with Crippen LogP contribution in [-0.4, -0.2) is 36.5 Å². The molecule has 0 radical (unpaired) electrons. The van der Waals surface area contributed by atoms with Gasteiger partial charge in [0.25, 0.3) is 0 Å². The first-order valence-electron chi connectivity index (χ1n) is 3.89. The summed E-state index contributed by atoms with van der Waals surface area (Å²) in [5.41, 5.74) is 0. The number of nitrogens with one attached hydrogen (secondary N) is 1. The van der Waals surface area contributed by atoms with E-state index >= 15 is 0 Å². The van der Waals surface area contributed by atoms with Gasteiger partial charge in [-0.05, 0) is 11.4 Å². The molecule has 0 aromatic heterocycles. The van der Waals surface area contributed by atoms with Crippen LogP contribution in [0.25, 0.3) is 0 Å². The second kappa shape index (κ2) is 5.03. The van der Waals surface area contributed by atoms with Crippen molar-refractivity contribution in [3.8, 4) is 0 Å². The van der Waals surface area contributed by atoms with E-state index in [1.54, 1.807) is 11.8 Å². The summed E-state index contributed by atoms with van der Waals surface area (Å²) in [5, 5.41) is 5.85. The SMILES string of the molecule is CSCCN1CCNC1=CN=O. The van der Waals surface area contributed by atoms with E-state index in [4.69, 9.17) is 0 Å². The van der Waals surface area contributed by atoms with Crippen LogP contribution < -0.4 is 5.32 Å². The fraction of sp³-hybridized carbons (Fsp3) is 0.714. The zero-order chi connectivity index (χ0) is 8.81. The Hall–Kier alpha value is -0.710. The van der Waals surface area contributed by atoms with Gasteiger partial charge in [-0.25, -0.2) is 0 Å². The quantitative estimate of drug-likeness (QED) is 0.662. The topological polar surface area (TPSA) is 44.7 Å². The summed E-state index contributed by atoms with van der Waals surface area (Å²) < 4.78 is 0. The Balaban J connectivity index is 2.40. The third-order valence-corrected chi connectivity index (χ3v) is 2.36. The van der Waals surface area contributed by atoms with Gasteiger partial charge in [0, 0.05) is 25.4 Å². The van der Waals surface area contributed by atoms with Crippen LogP contribution in [0.1, 0.15) is 0 Å². The van der Waals surface area contributed by atoms with E-state index in [-0.39, 0.29) is 0 Å². The van der Waals surface area contributed by atoms with E-state index in [2.05, 4.69) is 21.6 Å². The molecule has 1 heterocycles. The van der Waals surface area contributed by atoms with Crippen LogP contribution in [0.5, 0.6) is 0 Å². The minimum absolute atomic E-state index is 0.860. The molecule has 1 aliphatic heterocycles. The molecule has 0 aliphatic carbocycles. The molecule has 0 aromatic carbocycles. The molecule has 0 spiro atoms. The van der Waals surface area contributed by atoms with Crippen LogP contribution in [-0.2, 0) is 0 Å². The van der Waals surface area contributed by atoms with Crippen LogP contribution in [0.15, 0.2) is 17.2 Å². The molecular formula is C7H13N3OS. The van der Waals surface area contributed by atoms with Gasteiger partial charge in [-0.3, -0.25) is 0 Å². The maximum absolute atomic E-state index is 9.98. The standard InChI is InChI=1S/C7H13N3OS/c1-12-5-4-10-3-2-8-7(10)6-9-11/h6,8H,2-5H2,1H3. The molecule has 1 N–H and O–H groups in total. The third-order valence-electron chi connectivity index (χ3n) is 1.77. The Morgan fingerprint density at radius 3 is 3.33 bits per heavy atom. The summed E-state index contributed by atoms with van der Waals surface area (Å²) in [4.78, 5) is 12.1. The van der Waals surface area contributed by atoms with Crippen molar-refractivity contribution in [3.05, 3.63) is 16.9 Å². The fourth-order valence-electron chi connectivity index (χ4n) is 1.16. The normalized spacial score (nSPS) is 19.8. The predicted molar refractivity (Wildman–Crippen MR) is 51.8 cm³/mol. The van der Waals surface area contributed by atoms with Crippen molar-refractivity contribution in [2.45, 2.75) is 0 Å². The zero-order valence-corrected chi connectivity index (χ0v) is 7.93. The molecule has 0 aromatic rings. The van der Waals surface area contributed by atoms with Crippen molar-refractivity contribution < 1.29 is 0 Å². The number of nitrogens with zero attached hydrogens (tertiary/aromatic N) is 2. The molecule has 0 atom stereocenters. The minimum atomic E-state index is 0.860. The molecule has 1 fully saturated rings. The lowest BCUT2D eigenvalue weighted by Crippen LogP contribution is -2.22. The molecule has 1 aliphatic rings. The van der Waals surface area contributed by atoms with Gasteiger partial charge in [0.1, 0.15) is 12.0 Å². The molecule has 0 bridgehead atoms. The summed E-state index contributed by atoms with van der Waals surface area (Å²) in [5.74, 6) is 1.94. The van der Waals surface area contributed by atoms with E-state index in [9.17, 15) is 4.91 Å². The maximum atomic E-state index is 9.98. The molecule has 5 heteroatoms. The smallest absolute Gasteiger partial charge is 0.124 e. The largest absolute Gasteiger partial charge is 0.369 e. The Labute approximate surface area is 76.4 Å². The molecule has 12 heavy (non-hydrogen) atoms. The summed E-state index contributed by atoms with van der Waals surface area (Å²) >= 11 is 1.80. The van der Waals surface area contributed by atoms with Crippen molar-refractivity contribution in [1.82, 2.24) is 10.2 Å². The Bertz CT molecular complexity index is 183. The highest BCUT2D eigenvalue weighted by Gasteiger charge is 2.14. The van der Waals surface area contributed by atoms with E-state index < -0.39 is 0 Å². The van der Waals surface area contributed by atoms with Gasteiger partial charge in [0.05, 0.1) is 0 Å². The van der Waals surface area contributed by atoms with Crippen molar-refractivity contribution in [1.29, 1.82) is 0 Å². The third kappa shape index (κ3) is 2.41. The number of nitroso groups, excluding NO2 is 1. The molecule has 68 valence electrons. The first-order chi connectivity index (χ1) is 5.88. The predicted octanol–water partition coefficient (Wildman–Crippen LogP) is 0.820. The van der Waals surface area contributed by atoms with E-state index in [1.807, 2.05) is 0 Å². The van der Waals surface area contributed by atoms with E-state index in [0.717, 1.165) is 31.2 Å². The van der Waals surface area contributed by atoms with Gasteiger partial charge in [-0.15, -0.1) is 4.91 Å². The highest BCUT2D eigenvalue weighted by molar-refractivity contribution is 7.98. The Morgan fingerprint density at radius 1 is 1.83 bits per heavy atom. The minimum Gasteiger partial charge on any atom is -0.369 e. The lowest BCUT2D eigenvalue weighted by Gasteiger charge is -2.16. The van der Waals surface area contributed by atoms with E-state index in [0.29, 0.717) is 0 Å². The average molecular weight is 187 g/mol. The van der Waals surface area contributed by atoms with Crippen molar-refractivity contribution >= 4 is 11.8 Å². The second-order valence-electron chi connectivity index (χ2n) is 2.53. The van der Waals surface area contributed by atoms with Crippen LogP contribution in [0, 0.1) is 4.91 Å². The zero-order valence-electron chi connectivity index (χ0n) is 7.12. The Kier molecular flexibility index (Phi) is 3.93. The van der Waals surface area contributed by atoms with Crippen molar-refractivity contribution in [3.63, 3.8) is 0 Å². The number of hydrogen-bond acceptors (Lipinski definition) is 5.